The normalized spacial score (nSPS) is 19.1. The van der Waals surface area contributed by atoms with Crippen molar-refractivity contribution in [1.29, 1.82) is 0 Å². The zero-order chi connectivity index (χ0) is 15.2. The zero-order valence-electron chi connectivity index (χ0n) is 12.9. The lowest BCUT2D eigenvalue weighted by Gasteiger charge is -2.32. The number of nitro benzene ring substituents is 1. The summed E-state index contributed by atoms with van der Waals surface area (Å²) in [5, 5.41) is 14.6. The van der Waals surface area contributed by atoms with E-state index in [-0.39, 0.29) is 10.6 Å². The van der Waals surface area contributed by atoms with Crippen molar-refractivity contribution < 1.29 is 4.92 Å². The number of para-hydroxylation sites is 1. The Morgan fingerprint density at radius 1 is 1.43 bits per heavy atom. The number of nitrogens with one attached hydrogen (secondary N) is 1. The van der Waals surface area contributed by atoms with Gasteiger partial charge in [0.05, 0.1) is 4.92 Å². The highest BCUT2D eigenvalue weighted by molar-refractivity contribution is 5.39. The van der Waals surface area contributed by atoms with E-state index in [9.17, 15) is 10.1 Å². The first-order chi connectivity index (χ1) is 10.1. The number of nitrogens with zero attached hydrogens (tertiary/aromatic N) is 2. The summed E-state index contributed by atoms with van der Waals surface area (Å²) in [4.78, 5) is 13.2. The maximum absolute atomic E-state index is 11.1. The van der Waals surface area contributed by atoms with Crippen LogP contribution in [0.3, 0.4) is 0 Å². The van der Waals surface area contributed by atoms with Gasteiger partial charge in [-0.25, -0.2) is 0 Å². The van der Waals surface area contributed by atoms with Crippen LogP contribution in [0.4, 0.5) is 5.69 Å². The summed E-state index contributed by atoms with van der Waals surface area (Å²) in [5.41, 5.74) is 1.03. The first-order valence-electron chi connectivity index (χ1n) is 7.75. The highest BCUT2D eigenvalue weighted by Gasteiger charge is 2.21. The SMILES string of the molecule is CC(C)N(Cc1ccccc1[N+](=O)[O-])CC1CCCNC1. The Kier molecular flexibility index (Phi) is 5.70. The van der Waals surface area contributed by atoms with Crippen molar-refractivity contribution in [3.63, 3.8) is 0 Å². The Balaban J connectivity index is 2.07. The van der Waals surface area contributed by atoms with E-state index in [4.69, 9.17) is 0 Å². The average Bonchev–Trinajstić information content (AvgIpc) is 2.48. The third-order valence-corrected chi connectivity index (χ3v) is 4.18. The fourth-order valence-electron chi connectivity index (χ4n) is 2.91. The van der Waals surface area contributed by atoms with Crippen molar-refractivity contribution in [2.45, 2.75) is 39.3 Å². The molecular weight excluding hydrogens is 266 g/mol. The fourth-order valence-corrected chi connectivity index (χ4v) is 2.91. The molecular formula is C16H25N3O2. The molecule has 1 unspecified atom stereocenters. The summed E-state index contributed by atoms with van der Waals surface area (Å²) >= 11 is 0. The van der Waals surface area contributed by atoms with E-state index in [1.807, 2.05) is 12.1 Å². The first kappa shape index (κ1) is 15.9. The van der Waals surface area contributed by atoms with Gasteiger partial charge in [-0.2, -0.15) is 0 Å². The summed E-state index contributed by atoms with van der Waals surface area (Å²) in [7, 11) is 0. The van der Waals surface area contributed by atoms with Crippen LogP contribution >= 0.6 is 0 Å². The number of hydrogen-bond donors (Lipinski definition) is 1. The molecule has 1 saturated heterocycles. The van der Waals surface area contributed by atoms with Crippen molar-refractivity contribution in [3.05, 3.63) is 39.9 Å². The maximum Gasteiger partial charge on any atom is 0.273 e. The van der Waals surface area contributed by atoms with Gasteiger partial charge in [0.15, 0.2) is 0 Å². The van der Waals surface area contributed by atoms with Crippen LogP contribution < -0.4 is 5.32 Å². The first-order valence-corrected chi connectivity index (χ1v) is 7.75. The van der Waals surface area contributed by atoms with Gasteiger partial charge in [-0.05, 0) is 45.7 Å². The Hall–Kier alpha value is -1.46. The Labute approximate surface area is 126 Å². The highest BCUT2D eigenvalue weighted by Crippen LogP contribution is 2.22. The topological polar surface area (TPSA) is 58.4 Å². The van der Waals surface area contributed by atoms with E-state index < -0.39 is 0 Å². The third kappa shape index (κ3) is 4.51. The van der Waals surface area contributed by atoms with Crippen LogP contribution in [-0.4, -0.2) is 35.5 Å². The molecule has 0 bridgehead atoms. The van der Waals surface area contributed by atoms with Crippen LogP contribution in [0.1, 0.15) is 32.3 Å². The van der Waals surface area contributed by atoms with Crippen LogP contribution in [0.2, 0.25) is 0 Å². The van der Waals surface area contributed by atoms with Gasteiger partial charge in [-0.15, -0.1) is 0 Å². The minimum atomic E-state index is -0.282. The van der Waals surface area contributed by atoms with Gasteiger partial charge in [0.1, 0.15) is 0 Å². The molecule has 1 aromatic rings. The van der Waals surface area contributed by atoms with Crippen molar-refractivity contribution in [3.8, 4) is 0 Å². The molecule has 1 fully saturated rings. The molecule has 0 radical (unpaired) electrons. The van der Waals surface area contributed by atoms with Crippen molar-refractivity contribution >= 4 is 5.69 Å². The van der Waals surface area contributed by atoms with E-state index >= 15 is 0 Å². The molecule has 0 spiro atoms. The van der Waals surface area contributed by atoms with Gasteiger partial charge in [0.2, 0.25) is 0 Å². The number of piperidine rings is 1. The average molecular weight is 291 g/mol. The predicted molar refractivity (Wildman–Crippen MR) is 84.2 cm³/mol. The van der Waals surface area contributed by atoms with Crippen LogP contribution in [0.5, 0.6) is 0 Å². The molecule has 0 amide bonds. The minimum Gasteiger partial charge on any atom is -0.316 e. The number of hydrogen-bond acceptors (Lipinski definition) is 4. The van der Waals surface area contributed by atoms with Crippen LogP contribution in [0.25, 0.3) is 0 Å². The van der Waals surface area contributed by atoms with Gasteiger partial charge in [-0.3, -0.25) is 15.0 Å². The molecule has 1 aromatic carbocycles. The third-order valence-electron chi connectivity index (χ3n) is 4.18. The molecule has 0 saturated carbocycles. The Morgan fingerprint density at radius 3 is 2.81 bits per heavy atom. The largest absolute Gasteiger partial charge is 0.316 e. The smallest absolute Gasteiger partial charge is 0.273 e. The summed E-state index contributed by atoms with van der Waals surface area (Å²) in [5.74, 6) is 0.643. The number of rotatable bonds is 6. The van der Waals surface area contributed by atoms with E-state index in [0.717, 1.165) is 25.2 Å². The molecule has 21 heavy (non-hydrogen) atoms. The van der Waals surface area contributed by atoms with E-state index in [1.54, 1.807) is 12.1 Å². The van der Waals surface area contributed by atoms with Crippen LogP contribution in [-0.2, 0) is 6.54 Å². The van der Waals surface area contributed by atoms with Gasteiger partial charge in [0.25, 0.3) is 5.69 Å². The van der Waals surface area contributed by atoms with E-state index in [2.05, 4.69) is 24.1 Å². The monoisotopic (exact) mass is 291 g/mol. The minimum absolute atomic E-state index is 0.227. The molecule has 116 valence electrons. The zero-order valence-corrected chi connectivity index (χ0v) is 12.9. The highest BCUT2D eigenvalue weighted by atomic mass is 16.6. The second-order valence-electron chi connectivity index (χ2n) is 6.12. The summed E-state index contributed by atoms with van der Waals surface area (Å²) in [6, 6.07) is 7.45. The molecule has 2 rings (SSSR count). The van der Waals surface area contributed by atoms with Crippen LogP contribution in [0.15, 0.2) is 24.3 Å². The molecule has 1 N–H and O–H groups in total. The Morgan fingerprint density at radius 2 is 2.19 bits per heavy atom. The summed E-state index contributed by atoms with van der Waals surface area (Å²) in [6.45, 7) is 8.13. The lowest BCUT2D eigenvalue weighted by molar-refractivity contribution is -0.385. The van der Waals surface area contributed by atoms with Crippen molar-refractivity contribution in [2.24, 2.45) is 5.92 Å². The lowest BCUT2D eigenvalue weighted by Crippen LogP contribution is -2.40. The predicted octanol–water partition coefficient (Wildman–Crippen LogP) is 2.80. The quantitative estimate of drug-likeness (QED) is 0.647. The molecule has 1 aliphatic rings. The van der Waals surface area contributed by atoms with E-state index in [0.29, 0.717) is 18.5 Å². The van der Waals surface area contributed by atoms with Gasteiger partial charge in [-0.1, -0.05) is 18.2 Å². The molecule has 1 aliphatic heterocycles. The Bertz CT molecular complexity index is 470. The molecule has 5 nitrogen and oxygen atoms in total. The molecule has 1 atom stereocenters. The standard InChI is InChI=1S/C16H25N3O2/c1-13(2)18(11-14-6-5-9-17-10-14)12-15-7-3-4-8-16(15)19(20)21/h3-4,7-8,13-14,17H,5-6,9-12H2,1-2H3. The number of benzene rings is 1. The number of nitro groups is 1. The second kappa shape index (κ2) is 7.52. The molecule has 0 aliphatic carbocycles. The molecule has 0 aromatic heterocycles. The maximum atomic E-state index is 11.1. The summed E-state index contributed by atoms with van der Waals surface area (Å²) in [6.07, 6.45) is 2.47. The fraction of sp³-hybridized carbons (Fsp3) is 0.625. The van der Waals surface area contributed by atoms with Gasteiger partial charge >= 0.3 is 0 Å². The van der Waals surface area contributed by atoms with Gasteiger partial charge in [0, 0.05) is 30.8 Å². The lowest BCUT2D eigenvalue weighted by atomic mass is 9.98. The molecule has 1 heterocycles. The van der Waals surface area contributed by atoms with E-state index in [1.165, 1.54) is 12.8 Å². The van der Waals surface area contributed by atoms with Crippen LogP contribution in [0, 0.1) is 16.0 Å². The summed E-state index contributed by atoms with van der Waals surface area (Å²) < 4.78 is 0. The van der Waals surface area contributed by atoms with Crippen molar-refractivity contribution in [1.82, 2.24) is 10.2 Å². The second-order valence-corrected chi connectivity index (χ2v) is 6.12. The molecule has 5 heteroatoms. The van der Waals surface area contributed by atoms with Crippen molar-refractivity contribution in [2.75, 3.05) is 19.6 Å². The van der Waals surface area contributed by atoms with Gasteiger partial charge < -0.3 is 5.32 Å².